The van der Waals surface area contributed by atoms with E-state index < -0.39 is 5.97 Å². The van der Waals surface area contributed by atoms with Gasteiger partial charge in [-0.1, -0.05) is 18.6 Å². The van der Waals surface area contributed by atoms with Gasteiger partial charge in [0.15, 0.2) is 0 Å². The van der Waals surface area contributed by atoms with E-state index >= 15 is 0 Å². The van der Waals surface area contributed by atoms with E-state index in [0.29, 0.717) is 25.3 Å². The maximum absolute atomic E-state index is 11.4. The zero-order valence-corrected chi connectivity index (χ0v) is 14.5. The number of nitrogens with zero attached hydrogens (tertiary/aromatic N) is 1. The molecule has 2 saturated heterocycles. The SMILES string of the molecule is C=CC1CCCCNC1=O.C=CCNC(=CC(=O)O)N1CCCC1=O. The Morgan fingerprint density at radius 3 is 2.64 bits per heavy atom. The van der Waals surface area contributed by atoms with Gasteiger partial charge in [0, 0.05) is 26.1 Å². The molecule has 1 atom stereocenters. The minimum absolute atomic E-state index is 0.0425. The van der Waals surface area contributed by atoms with Gasteiger partial charge in [-0.05, 0) is 19.3 Å². The minimum atomic E-state index is -1.07. The number of amides is 2. The second kappa shape index (κ2) is 11.1. The van der Waals surface area contributed by atoms with Crippen molar-refractivity contribution in [2.24, 2.45) is 5.92 Å². The van der Waals surface area contributed by atoms with Crippen molar-refractivity contribution >= 4 is 17.8 Å². The quantitative estimate of drug-likeness (QED) is 0.497. The van der Waals surface area contributed by atoms with E-state index in [1.54, 1.807) is 12.2 Å². The summed E-state index contributed by atoms with van der Waals surface area (Å²) in [5.41, 5.74) is 0. The van der Waals surface area contributed by atoms with Crippen LogP contribution in [0.5, 0.6) is 0 Å². The molecule has 1 unspecified atom stereocenters. The second-order valence-electron chi connectivity index (χ2n) is 5.82. The summed E-state index contributed by atoms with van der Waals surface area (Å²) >= 11 is 0. The molecular weight excluding hydrogens is 322 g/mol. The van der Waals surface area contributed by atoms with Crippen LogP contribution in [0.25, 0.3) is 0 Å². The average molecular weight is 349 g/mol. The van der Waals surface area contributed by atoms with Gasteiger partial charge in [-0.3, -0.25) is 14.5 Å². The van der Waals surface area contributed by atoms with Gasteiger partial charge in [0.1, 0.15) is 5.82 Å². The van der Waals surface area contributed by atoms with Crippen LogP contribution < -0.4 is 10.6 Å². The molecule has 2 aliphatic heterocycles. The lowest BCUT2D eigenvalue weighted by molar-refractivity contribution is -0.131. The van der Waals surface area contributed by atoms with E-state index in [2.05, 4.69) is 23.8 Å². The lowest BCUT2D eigenvalue weighted by atomic mass is 10.0. The van der Waals surface area contributed by atoms with Gasteiger partial charge in [-0.15, -0.1) is 13.2 Å². The lowest BCUT2D eigenvalue weighted by Gasteiger charge is -2.19. The molecule has 2 amide bonds. The number of carbonyl (C=O) groups excluding carboxylic acids is 2. The molecular formula is C18H27N3O4. The molecule has 2 aliphatic rings. The summed E-state index contributed by atoms with van der Waals surface area (Å²) < 4.78 is 0. The number of carboxylic acids is 1. The van der Waals surface area contributed by atoms with Crippen LogP contribution in [0.4, 0.5) is 0 Å². The van der Waals surface area contributed by atoms with Crippen LogP contribution in [0.2, 0.25) is 0 Å². The summed E-state index contributed by atoms with van der Waals surface area (Å²) in [4.78, 5) is 34.5. The predicted molar refractivity (Wildman–Crippen MR) is 95.4 cm³/mol. The molecule has 0 saturated carbocycles. The van der Waals surface area contributed by atoms with E-state index in [9.17, 15) is 14.4 Å². The molecule has 3 N–H and O–H groups in total. The van der Waals surface area contributed by atoms with Gasteiger partial charge in [0.05, 0.1) is 12.0 Å². The molecule has 0 spiro atoms. The summed E-state index contributed by atoms with van der Waals surface area (Å²) in [5.74, 6) is -0.569. The van der Waals surface area contributed by atoms with Crippen LogP contribution in [-0.4, -0.2) is 47.4 Å². The summed E-state index contributed by atoms with van der Waals surface area (Å²) in [6, 6.07) is 0. The van der Waals surface area contributed by atoms with Crippen LogP contribution in [-0.2, 0) is 14.4 Å². The van der Waals surface area contributed by atoms with Crippen molar-refractivity contribution in [3.63, 3.8) is 0 Å². The standard InChI is InChI=1S/C10H14N2O3.C8H13NO/c1-2-5-11-8(7-10(14)15)12-6-3-4-9(12)13;1-2-7-5-3-4-6-9-8(7)10/h2,7,11H,1,3-6H2,(H,14,15);2,7H,1,3-6H2,(H,9,10). The van der Waals surface area contributed by atoms with Crippen LogP contribution in [0.15, 0.2) is 37.2 Å². The molecule has 2 rings (SSSR count). The Morgan fingerprint density at radius 1 is 1.32 bits per heavy atom. The Labute approximate surface area is 148 Å². The molecule has 0 aliphatic carbocycles. The van der Waals surface area contributed by atoms with Crippen molar-refractivity contribution in [1.82, 2.24) is 15.5 Å². The highest BCUT2D eigenvalue weighted by molar-refractivity contribution is 5.84. The number of carbonyl (C=O) groups is 3. The number of hydrogen-bond acceptors (Lipinski definition) is 4. The maximum atomic E-state index is 11.4. The van der Waals surface area contributed by atoms with E-state index in [4.69, 9.17) is 5.11 Å². The van der Waals surface area contributed by atoms with Crippen LogP contribution in [0, 0.1) is 5.92 Å². The van der Waals surface area contributed by atoms with Crippen molar-refractivity contribution in [1.29, 1.82) is 0 Å². The molecule has 0 aromatic rings. The molecule has 7 heteroatoms. The van der Waals surface area contributed by atoms with Crippen molar-refractivity contribution in [2.45, 2.75) is 32.1 Å². The zero-order valence-electron chi connectivity index (χ0n) is 14.5. The Hall–Kier alpha value is -2.57. The number of rotatable bonds is 6. The Kier molecular flexibility index (Phi) is 9.06. The average Bonchev–Trinajstić information content (AvgIpc) is 2.89. The van der Waals surface area contributed by atoms with E-state index in [1.165, 1.54) is 4.90 Å². The van der Waals surface area contributed by atoms with Crippen LogP contribution in [0.1, 0.15) is 32.1 Å². The van der Waals surface area contributed by atoms with Gasteiger partial charge in [0.25, 0.3) is 0 Å². The van der Waals surface area contributed by atoms with Gasteiger partial charge in [0.2, 0.25) is 11.8 Å². The van der Waals surface area contributed by atoms with Gasteiger partial charge in [-0.2, -0.15) is 0 Å². The molecule has 7 nitrogen and oxygen atoms in total. The number of likely N-dealkylation sites (tertiary alicyclic amines) is 1. The lowest BCUT2D eigenvalue weighted by Crippen LogP contribution is -2.33. The van der Waals surface area contributed by atoms with Gasteiger partial charge >= 0.3 is 5.97 Å². The molecule has 0 bridgehead atoms. The summed E-state index contributed by atoms with van der Waals surface area (Å²) in [6.45, 7) is 8.97. The second-order valence-corrected chi connectivity index (χ2v) is 5.82. The first-order valence-corrected chi connectivity index (χ1v) is 8.49. The van der Waals surface area contributed by atoms with Crippen LogP contribution >= 0.6 is 0 Å². The first-order chi connectivity index (χ1) is 12.0. The third kappa shape index (κ3) is 7.24. The van der Waals surface area contributed by atoms with E-state index in [0.717, 1.165) is 38.3 Å². The van der Waals surface area contributed by atoms with Crippen molar-refractivity contribution in [3.05, 3.63) is 37.2 Å². The summed E-state index contributed by atoms with van der Waals surface area (Å²) in [5, 5.41) is 14.3. The molecule has 2 heterocycles. The zero-order chi connectivity index (χ0) is 18.7. The maximum Gasteiger partial charge on any atom is 0.331 e. The van der Waals surface area contributed by atoms with Crippen molar-refractivity contribution in [3.8, 4) is 0 Å². The molecule has 2 fully saturated rings. The number of hydrogen-bond donors (Lipinski definition) is 3. The highest BCUT2D eigenvalue weighted by Gasteiger charge is 2.23. The van der Waals surface area contributed by atoms with Crippen molar-refractivity contribution in [2.75, 3.05) is 19.6 Å². The molecule has 0 aromatic heterocycles. The largest absolute Gasteiger partial charge is 0.478 e. The molecule has 138 valence electrons. The smallest absolute Gasteiger partial charge is 0.331 e. The fourth-order valence-corrected chi connectivity index (χ4v) is 2.61. The first-order valence-electron chi connectivity index (χ1n) is 8.49. The highest BCUT2D eigenvalue weighted by atomic mass is 16.4. The van der Waals surface area contributed by atoms with Crippen molar-refractivity contribution < 1.29 is 19.5 Å². The van der Waals surface area contributed by atoms with E-state index in [-0.39, 0.29) is 17.7 Å². The highest BCUT2D eigenvalue weighted by Crippen LogP contribution is 2.14. The third-order valence-corrected chi connectivity index (χ3v) is 3.91. The topological polar surface area (TPSA) is 98.7 Å². The monoisotopic (exact) mass is 349 g/mol. The van der Waals surface area contributed by atoms with E-state index in [1.807, 2.05) is 0 Å². The fraction of sp³-hybridized carbons (Fsp3) is 0.500. The number of carboxylic acid groups (broad SMARTS) is 1. The Bertz CT molecular complexity index is 542. The van der Waals surface area contributed by atoms with Crippen LogP contribution in [0.3, 0.4) is 0 Å². The fourth-order valence-electron chi connectivity index (χ4n) is 2.61. The Balaban J connectivity index is 0.000000271. The predicted octanol–water partition coefficient (Wildman–Crippen LogP) is 1.40. The minimum Gasteiger partial charge on any atom is -0.478 e. The molecule has 25 heavy (non-hydrogen) atoms. The normalized spacial score (nSPS) is 20.7. The third-order valence-electron chi connectivity index (χ3n) is 3.91. The molecule has 0 aromatic carbocycles. The Morgan fingerprint density at radius 2 is 2.08 bits per heavy atom. The van der Waals surface area contributed by atoms with Gasteiger partial charge in [-0.25, -0.2) is 4.79 Å². The summed E-state index contributed by atoms with van der Waals surface area (Å²) in [6.07, 6.45) is 8.81. The first kappa shape index (κ1) is 20.5. The molecule has 0 radical (unpaired) electrons. The number of nitrogens with one attached hydrogen (secondary N) is 2. The summed E-state index contributed by atoms with van der Waals surface area (Å²) in [7, 11) is 0. The number of aliphatic carboxylic acids is 1. The van der Waals surface area contributed by atoms with Gasteiger partial charge < -0.3 is 15.7 Å².